The van der Waals surface area contributed by atoms with Crippen LogP contribution in [0.4, 0.5) is 5.82 Å². The molecule has 1 atom stereocenters. The molecule has 3 heterocycles. The Kier molecular flexibility index (Phi) is 3.17. The number of hydrogen-bond acceptors (Lipinski definition) is 4. The maximum Gasteiger partial charge on any atom is 0.240 e. The summed E-state index contributed by atoms with van der Waals surface area (Å²) in [5.41, 5.74) is 9.39. The molecule has 24 heavy (non-hydrogen) atoms. The van der Waals surface area contributed by atoms with Crippen molar-refractivity contribution in [3.63, 3.8) is 0 Å². The molecule has 0 unspecified atom stereocenters. The molecular formula is C18H17N5O. The molecule has 1 amide bonds. The van der Waals surface area contributed by atoms with Gasteiger partial charge < -0.3 is 10.6 Å². The number of aryl methyl sites for hydroxylation is 1. The number of nitriles is 1. The first-order valence-corrected chi connectivity index (χ1v) is 7.98. The maximum absolute atomic E-state index is 11.8. The average molecular weight is 319 g/mol. The lowest BCUT2D eigenvalue weighted by Crippen LogP contribution is -2.41. The Labute approximate surface area is 139 Å². The summed E-state index contributed by atoms with van der Waals surface area (Å²) in [6.45, 7) is 2.66. The van der Waals surface area contributed by atoms with E-state index in [1.807, 2.05) is 46.6 Å². The Morgan fingerprint density at radius 2 is 2.21 bits per heavy atom. The van der Waals surface area contributed by atoms with Crippen LogP contribution >= 0.6 is 0 Å². The van der Waals surface area contributed by atoms with Gasteiger partial charge in [-0.2, -0.15) is 5.26 Å². The van der Waals surface area contributed by atoms with Gasteiger partial charge in [0.2, 0.25) is 5.91 Å². The van der Waals surface area contributed by atoms with Crippen LogP contribution in [0.15, 0.2) is 30.3 Å². The number of fused-ring (bicyclic) bond motifs is 3. The lowest BCUT2D eigenvalue weighted by molar-refractivity contribution is -0.119. The predicted molar refractivity (Wildman–Crippen MR) is 91.7 cm³/mol. The van der Waals surface area contributed by atoms with Gasteiger partial charge in [-0.25, -0.2) is 4.98 Å². The average Bonchev–Trinajstić information content (AvgIpc) is 3.19. The molecule has 1 saturated heterocycles. The number of benzene rings is 1. The summed E-state index contributed by atoms with van der Waals surface area (Å²) >= 11 is 0. The summed E-state index contributed by atoms with van der Waals surface area (Å²) in [4.78, 5) is 18.5. The molecule has 0 bridgehead atoms. The van der Waals surface area contributed by atoms with Gasteiger partial charge in [-0.3, -0.25) is 9.20 Å². The van der Waals surface area contributed by atoms with Crippen molar-refractivity contribution in [1.82, 2.24) is 9.38 Å². The maximum atomic E-state index is 11.8. The number of amides is 1. The van der Waals surface area contributed by atoms with E-state index >= 15 is 0 Å². The van der Waals surface area contributed by atoms with Crippen molar-refractivity contribution in [3.8, 4) is 6.07 Å². The SMILES string of the molecule is Cc1cc(N2CCC[C@H]2C(N)=O)n2c(nc3ccccc32)c1C#N. The molecule has 1 fully saturated rings. The van der Waals surface area contributed by atoms with Crippen molar-refractivity contribution in [2.75, 3.05) is 11.4 Å². The van der Waals surface area contributed by atoms with E-state index in [0.29, 0.717) is 11.2 Å². The highest BCUT2D eigenvalue weighted by Crippen LogP contribution is 2.32. The van der Waals surface area contributed by atoms with E-state index in [1.54, 1.807) is 0 Å². The second kappa shape index (κ2) is 5.24. The molecule has 1 aliphatic heterocycles. The van der Waals surface area contributed by atoms with Crippen LogP contribution in [0.25, 0.3) is 16.7 Å². The van der Waals surface area contributed by atoms with E-state index in [9.17, 15) is 10.1 Å². The summed E-state index contributed by atoms with van der Waals surface area (Å²) in [5.74, 6) is 0.559. The third-order valence-electron chi connectivity index (χ3n) is 4.74. The second-order valence-corrected chi connectivity index (χ2v) is 6.19. The number of primary amides is 1. The Morgan fingerprint density at radius 1 is 1.42 bits per heavy atom. The molecule has 0 radical (unpaired) electrons. The molecule has 3 aromatic rings. The topological polar surface area (TPSA) is 87.4 Å². The van der Waals surface area contributed by atoms with Crippen molar-refractivity contribution in [2.45, 2.75) is 25.8 Å². The van der Waals surface area contributed by atoms with Crippen LogP contribution in [0.5, 0.6) is 0 Å². The van der Waals surface area contributed by atoms with E-state index in [1.165, 1.54) is 0 Å². The number of nitrogens with two attached hydrogens (primary N) is 1. The Balaban J connectivity index is 2.09. The Bertz CT molecular complexity index is 1010. The van der Waals surface area contributed by atoms with Crippen LogP contribution in [-0.2, 0) is 4.79 Å². The molecule has 2 aromatic heterocycles. The summed E-state index contributed by atoms with van der Waals surface area (Å²) < 4.78 is 1.97. The fourth-order valence-electron chi connectivity index (χ4n) is 3.62. The first-order valence-electron chi connectivity index (χ1n) is 7.98. The number of rotatable bonds is 2. The highest BCUT2D eigenvalue weighted by atomic mass is 16.1. The minimum Gasteiger partial charge on any atom is -0.368 e. The Hall–Kier alpha value is -3.07. The van der Waals surface area contributed by atoms with Crippen LogP contribution in [-0.4, -0.2) is 27.9 Å². The molecule has 2 N–H and O–H groups in total. The van der Waals surface area contributed by atoms with E-state index in [0.717, 1.165) is 41.8 Å². The highest BCUT2D eigenvalue weighted by Gasteiger charge is 2.31. The zero-order valence-electron chi connectivity index (χ0n) is 13.4. The number of aromatic nitrogens is 2. The van der Waals surface area contributed by atoms with E-state index in [4.69, 9.17) is 5.73 Å². The summed E-state index contributed by atoms with van der Waals surface area (Å²) in [5, 5.41) is 9.55. The van der Waals surface area contributed by atoms with Gasteiger partial charge in [0.15, 0.2) is 5.65 Å². The highest BCUT2D eigenvalue weighted by molar-refractivity contribution is 5.88. The second-order valence-electron chi connectivity index (χ2n) is 6.19. The zero-order valence-corrected chi connectivity index (χ0v) is 13.4. The number of para-hydroxylation sites is 2. The number of anilines is 1. The van der Waals surface area contributed by atoms with E-state index in [2.05, 4.69) is 11.1 Å². The largest absolute Gasteiger partial charge is 0.368 e. The smallest absolute Gasteiger partial charge is 0.240 e. The van der Waals surface area contributed by atoms with Crippen molar-refractivity contribution < 1.29 is 4.79 Å². The number of carbonyl (C=O) groups is 1. The van der Waals surface area contributed by atoms with E-state index in [-0.39, 0.29) is 11.9 Å². The summed E-state index contributed by atoms with van der Waals surface area (Å²) in [7, 11) is 0. The first kappa shape index (κ1) is 14.5. The van der Waals surface area contributed by atoms with Crippen LogP contribution in [0, 0.1) is 18.3 Å². The molecule has 0 spiro atoms. The molecular weight excluding hydrogens is 302 g/mol. The lowest BCUT2D eigenvalue weighted by Gasteiger charge is -2.26. The van der Waals surface area contributed by atoms with Gasteiger partial charge in [0.1, 0.15) is 17.9 Å². The van der Waals surface area contributed by atoms with Crippen LogP contribution < -0.4 is 10.6 Å². The predicted octanol–water partition coefficient (Wildman–Crippen LogP) is 2.12. The number of hydrogen-bond donors (Lipinski definition) is 1. The van der Waals surface area contributed by atoms with Crippen LogP contribution in [0.3, 0.4) is 0 Å². The minimum atomic E-state index is -0.318. The minimum absolute atomic E-state index is 0.313. The third kappa shape index (κ3) is 1.95. The van der Waals surface area contributed by atoms with Gasteiger partial charge >= 0.3 is 0 Å². The quantitative estimate of drug-likeness (QED) is 0.783. The Morgan fingerprint density at radius 3 is 2.96 bits per heavy atom. The molecule has 6 heteroatoms. The number of nitrogens with zero attached hydrogens (tertiary/aromatic N) is 4. The molecule has 120 valence electrons. The molecule has 1 aromatic carbocycles. The van der Waals surface area contributed by atoms with E-state index < -0.39 is 0 Å². The molecule has 0 aliphatic carbocycles. The first-order chi connectivity index (χ1) is 11.6. The van der Waals surface area contributed by atoms with Gasteiger partial charge in [0, 0.05) is 6.54 Å². The summed E-state index contributed by atoms with van der Waals surface area (Å²) in [6.07, 6.45) is 1.67. The molecule has 0 saturated carbocycles. The normalized spacial score (nSPS) is 17.5. The summed E-state index contributed by atoms with van der Waals surface area (Å²) in [6, 6.07) is 11.7. The number of carbonyl (C=O) groups excluding carboxylic acids is 1. The molecule has 4 rings (SSSR count). The monoisotopic (exact) mass is 319 g/mol. The van der Waals surface area contributed by atoms with Crippen molar-refractivity contribution >= 4 is 28.4 Å². The molecule has 6 nitrogen and oxygen atoms in total. The fraction of sp³-hybridized carbons (Fsp3) is 0.278. The van der Waals surface area contributed by atoms with Gasteiger partial charge in [0.25, 0.3) is 0 Å². The van der Waals surface area contributed by atoms with Gasteiger partial charge in [-0.1, -0.05) is 12.1 Å². The number of pyridine rings is 1. The van der Waals surface area contributed by atoms with Crippen molar-refractivity contribution in [2.24, 2.45) is 5.73 Å². The van der Waals surface area contributed by atoms with Gasteiger partial charge in [-0.15, -0.1) is 0 Å². The van der Waals surface area contributed by atoms with Crippen molar-refractivity contribution in [3.05, 3.63) is 41.5 Å². The fourth-order valence-corrected chi connectivity index (χ4v) is 3.62. The van der Waals surface area contributed by atoms with Crippen LogP contribution in [0.2, 0.25) is 0 Å². The third-order valence-corrected chi connectivity index (χ3v) is 4.74. The standard InChI is InChI=1S/C18H17N5O/c1-11-9-16(22-8-4-7-15(22)17(20)24)23-14-6-3-2-5-13(14)21-18(23)12(11)10-19/h2-3,5-6,9,15H,4,7-8H2,1H3,(H2,20,24)/t15-/m0/s1. The van der Waals surface area contributed by atoms with Crippen LogP contribution in [0.1, 0.15) is 24.0 Å². The van der Waals surface area contributed by atoms with Gasteiger partial charge in [-0.05, 0) is 43.5 Å². The zero-order chi connectivity index (χ0) is 16.8. The van der Waals surface area contributed by atoms with Crippen molar-refractivity contribution in [1.29, 1.82) is 5.26 Å². The number of imidazole rings is 1. The lowest BCUT2D eigenvalue weighted by atomic mass is 10.1. The van der Waals surface area contributed by atoms with Gasteiger partial charge in [0.05, 0.1) is 16.6 Å². The molecule has 1 aliphatic rings.